The Hall–Kier alpha value is -1.35. The van der Waals surface area contributed by atoms with E-state index in [4.69, 9.17) is 0 Å². The number of carbonyl (C=O) groups is 1. The van der Waals surface area contributed by atoms with Crippen molar-refractivity contribution >= 4 is 5.91 Å². The van der Waals surface area contributed by atoms with Crippen LogP contribution in [0.15, 0.2) is 30.3 Å². The zero-order valence-corrected chi connectivity index (χ0v) is 12.4. The second-order valence-corrected chi connectivity index (χ2v) is 6.80. The van der Waals surface area contributed by atoms with Gasteiger partial charge in [0.05, 0.1) is 0 Å². The van der Waals surface area contributed by atoms with Gasteiger partial charge in [-0.25, -0.2) is 0 Å². The third kappa shape index (κ3) is 3.80. The smallest absolute Gasteiger partial charge is 0.224 e. The van der Waals surface area contributed by atoms with Gasteiger partial charge < -0.3 is 10.2 Å². The van der Waals surface area contributed by atoms with Crippen LogP contribution in [0, 0.1) is 0 Å². The maximum atomic E-state index is 12.4. The van der Waals surface area contributed by atoms with E-state index in [0.717, 1.165) is 6.54 Å². The highest BCUT2D eigenvalue weighted by Crippen LogP contribution is 2.23. The second-order valence-electron chi connectivity index (χ2n) is 6.80. The van der Waals surface area contributed by atoms with Crippen molar-refractivity contribution in [2.24, 2.45) is 0 Å². The van der Waals surface area contributed by atoms with E-state index in [9.17, 15) is 4.79 Å². The molecule has 1 aliphatic rings. The molecule has 0 aromatic heterocycles. The quantitative estimate of drug-likeness (QED) is 0.886. The number of rotatable bonds is 2. The number of amides is 1. The van der Waals surface area contributed by atoms with Gasteiger partial charge in [0.25, 0.3) is 0 Å². The Labute approximate surface area is 116 Å². The van der Waals surface area contributed by atoms with Crippen molar-refractivity contribution in [2.75, 3.05) is 6.54 Å². The van der Waals surface area contributed by atoms with Crippen molar-refractivity contribution in [1.29, 1.82) is 0 Å². The van der Waals surface area contributed by atoms with E-state index >= 15 is 0 Å². The zero-order chi connectivity index (χ0) is 14.1. The Bertz CT molecular complexity index is 451. The van der Waals surface area contributed by atoms with E-state index in [-0.39, 0.29) is 17.0 Å². The van der Waals surface area contributed by atoms with Gasteiger partial charge in [-0.15, -0.1) is 0 Å². The molecule has 1 aliphatic heterocycles. The Balaban J connectivity index is 2.18. The number of carbonyl (C=O) groups excluding carboxylic acids is 1. The minimum atomic E-state index is -0.147. The molecule has 1 heterocycles. The summed E-state index contributed by atoms with van der Waals surface area (Å²) in [6.45, 7) is 9.94. The highest BCUT2D eigenvalue weighted by atomic mass is 16.2. The molecule has 0 spiro atoms. The predicted molar refractivity (Wildman–Crippen MR) is 77.8 cm³/mol. The molecule has 1 N–H and O–H groups in total. The van der Waals surface area contributed by atoms with Gasteiger partial charge in [0.2, 0.25) is 5.91 Å². The molecule has 1 amide bonds. The highest BCUT2D eigenvalue weighted by molar-refractivity contribution is 5.78. The molecule has 3 heteroatoms. The Kier molecular flexibility index (Phi) is 3.68. The van der Waals surface area contributed by atoms with Gasteiger partial charge in [0.1, 0.15) is 0 Å². The summed E-state index contributed by atoms with van der Waals surface area (Å²) in [5, 5.41) is 3.58. The second kappa shape index (κ2) is 4.97. The molecule has 104 valence electrons. The number of hydrogen-bond donors (Lipinski definition) is 1. The van der Waals surface area contributed by atoms with Crippen LogP contribution in [0.2, 0.25) is 0 Å². The number of benzene rings is 1. The lowest BCUT2D eigenvalue weighted by Crippen LogP contribution is -2.53. The van der Waals surface area contributed by atoms with Crippen LogP contribution in [0.5, 0.6) is 0 Å². The number of nitrogens with zero attached hydrogens (tertiary/aromatic N) is 1. The first-order valence-electron chi connectivity index (χ1n) is 6.89. The van der Waals surface area contributed by atoms with Crippen molar-refractivity contribution in [2.45, 2.75) is 51.7 Å². The molecule has 0 atom stereocenters. The standard InChI is InChI=1S/C16H24N2O/c1-15(2)10-14(19)18(12-16(3,4)17-15)11-13-8-6-5-7-9-13/h5-9,17H,10-12H2,1-4H3. The summed E-state index contributed by atoms with van der Waals surface area (Å²) in [5.41, 5.74) is 0.975. The van der Waals surface area contributed by atoms with Gasteiger partial charge in [-0.3, -0.25) is 4.79 Å². The molecule has 0 unspecified atom stereocenters. The van der Waals surface area contributed by atoms with Gasteiger partial charge in [0.15, 0.2) is 0 Å². The van der Waals surface area contributed by atoms with E-state index in [2.05, 4.69) is 45.1 Å². The predicted octanol–water partition coefficient (Wildman–Crippen LogP) is 2.57. The molecule has 1 fully saturated rings. The molecule has 0 radical (unpaired) electrons. The lowest BCUT2D eigenvalue weighted by Gasteiger charge is -2.34. The lowest BCUT2D eigenvalue weighted by atomic mass is 9.96. The fourth-order valence-corrected chi connectivity index (χ4v) is 3.00. The summed E-state index contributed by atoms with van der Waals surface area (Å²) < 4.78 is 0. The third-order valence-corrected chi connectivity index (χ3v) is 3.43. The maximum absolute atomic E-state index is 12.4. The summed E-state index contributed by atoms with van der Waals surface area (Å²) in [7, 11) is 0. The summed E-state index contributed by atoms with van der Waals surface area (Å²) in [5.74, 6) is 0.229. The minimum Gasteiger partial charge on any atom is -0.336 e. The van der Waals surface area contributed by atoms with Crippen molar-refractivity contribution in [3.05, 3.63) is 35.9 Å². The largest absolute Gasteiger partial charge is 0.336 e. The molecule has 3 nitrogen and oxygen atoms in total. The van der Waals surface area contributed by atoms with Crippen LogP contribution in [-0.4, -0.2) is 28.4 Å². The maximum Gasteiger partial charge on any atom is 0.224 e. The Morgan fingerprint density at radius 3 is 2.37 bits per heavy atom. The normalized spacial score (nSPS) is 22.1. The molecule has 0 saturated carbocycles. The molecular formula is C16H24N2O. The van der Waals surface area contributed by atoms with Crippen molar-refractivity contribution in [3.8, 4) is 0 Å². The van der Waals surface area contributed by atoms with Crippen LogP contribution in [0.25, 0.3) is 0 Å². The summed E-state index contributed by atoms with van der Waals surface area (Å²) in [4.78, 5) is 14.4. The average Bonchev–Trinajstić information content (AvgIpc) is 2.33. The highest BCUT2D eigenvalue weighted by Gasteiger charge is 2.37. The van der Waals surface area contributed by atoms with Crippen LogP contribution in [0.4, 0.5) is 0 Å². The lowest BCUT2D eigenvalue weighted by molar-refractivity contribution is -0.132. The van der Waals surface area contributed by atoms with Crippen LogP contribution >= 0.6 is 0 Å². The van der Waals surface area contributed by atoms with Crippen LogP contribution in [0.1, 0.15) is 39.7 Å². The first-order valence-corrected chi connectivity index (χ1v) is 6.89. The molecule has 1 aromatic carbocycles. The van der Waals surface area contributed by atoms with Gasteiger partial charge in [0, 0.05) is 30.6 Å². The van der Waals surface area contributed by atoms with Crippen LogP contribution in [0.3, 0.4) is 0 Å². The van der Waals surface area contributed by atoms with Crippen LogP contribution in [-0.2, 0) is 11.3 Å². The van der Waals surface area contributed by atoms with Gasteiger partial charge >= 0.3 is 0 Å². The van der Waals surface area contributed by atoms with Crippen molar-refractivity contribution in [1.82, 2.24) is 10.2 Å². The molecule has 1 saturated heterocycles. The third-order valence-electron chi connectivity index (χ3n) is 3.43. The monoisotopic (exact) mass is 260 g/mol. The summed E-state index contributed by atoms with van der Waals surface area (Å²) in [6.07, 6.45) is 0.545. The van der Waals surface area contributed by atoms with E-state index < -0.39 is 0 Å². The molecule has 19 heavy (non-hydrogen) atoms. The molecule has 0 bridgehead atoms. The van der Waals surface area contributed by atoms with Gasteiger partial charge in [-0.1, -0.05) is 30.3 Å². The molecule has 2 rings (SSSR count). The first kappa shape index (κ1) is 14.1. The average molecular weight is 260 g/mol. The molecule has 1 aromatic rings. The summed E-state index contributed by atoms with van der Waals surface area (Å²) >= 11 is 0. The van der Waals surface area contributed by atoms with E-state index in [1.54, 1.807) is 0 Å². The molecular weight excluding hydrogens is 236 g/mol. The first-order chi connectivity index (χ1) is 8.77. The zero-order valence-electron chi connectivity index (χ0n) is 12.4. The van der Waals surface area contributed by atoms with E-state index in [1.807, 2.05) is 23.1 Å². The summed E-state index contributed by atoms with van der Waals surface area (Å²) in [6, 6.07) is 10.2. The molecule has 0 aliphatic carbocycles. The number of hydrogen-bond acceptors (Lipinski definition) is 2. The van der Waals surface area contributed by atoms with Gasteiger partial charge in [-0.2, -0.15) is 0 Å². The topological polar surface area (TPSA) is 32.3 Å². The van der Waals surface area contributed by atoms with E-state index in [1.165, 1.54) is 5.56 Å². The van der Waals surface area contributed by atoms with Gasteiger partial charge in [-0.05, 0) is 33.3 Å². The Morgan fingerprint density at radius 1 is 1.11 bits per heavy atom. The Morgan fingerprint density at radius 2 is 1.74 bits per heavy atom. The number of nitrogens with one attached hydrogen (secondary N) is 1. The fourth-order valence-electron chi connectivity index (χ4n) is 3.00. The SMILES string of the molecule is CC1(C)CC(=O)N(Cc2ccccc2)CC(C)(C)N1. The van der Waals surface area contributed by atoms with Crippen molar-refractivity contribution < 1.29 is 4.79 Å². The van der Waals surface area contributed by atoms with Crippen LogP contribution < -0.4 is 5.32 Å². The van der Waals surface area contributed by atoms with Crippen molar-refractivity contribution in [3.63, 3.8) is 0 Å². The minimum absolute atomic E-state index is 0.0650. The fraction of sp³-hybridized carbons (Fsp3) is 0.562. The van der Waals surface area contributed by atoms with E-state index in [0.29, 0.717) is 13.0 Å².